The summed E-state index contributed by atoms with van der Waals surface area (Å²) in [4.78, 5) is 13.3. The van der Waals surface area contributed by atoms with Gasteiger partial charge in [-0.1, -0.05) is 0 Å². The standard InChI is InChI=1S/C10H10BrN3OS/c1-7-9(16-6-14-7)2-3-15-10-8(11)4-12-5-13-10/h4-6H,2-3H2,1H3. The van der Waals surface area contributed by atoms with Crippen molar-refractivity contribution < 1.29 is 4.74 Å². The Hall–Kier alpha value is -1.01. The zero-order valence-electron chi connectivity index (χ0n) is 8.68. The molecule has 0 aliphatic carbocycles. The van der Waals surface area contributed by atoms with Crippen LogP contribution in [-0.2, 0) is 6.42 Å². The van der Waals surface area contributed by atoms with E-state index in [0.717, 1.165) is 16.6 Å². The molecule has 6 heteroatoms. The van der Waals surface area contributed by atoms with Crippen LogP contribution in [0.2, 0.25) is 0 Å². The molecule has 16 heavy (non-hydrogen) atoms. The number of aromatic nitrogens is 3. The van der Waals surface area contributed by atoms with Crippen molar-refractivity contribution in [3.8, 4) is 5.88 Å². The molecule has 0 atom stereocenters. The molecule has 0 bridgehead atoms. The van der Waals surface area contributed by atoms with Crippen LogP contribution < -0.4 is 4.74 Å². The third kappa shape index (κ3) is 2.76. The van der Waals surface area contributed by atoms with Crippen molar-refractivity contribution in [1.82, 2.24) is 15.0 Å². The fraction of sp³-hybridized carbons (Fsp3) is 0.300. The van der Waals surface area contributed by atoms with Crippen LogP contribution in [0.25, 0.3) is 0 Å². The van der Waals surface area contributed by atoms with Crippen molar-refractivity contribution in [3.63, 3.8) is 0 Å². The summed E-state index contributed by atoms with van der Waals surface area (Å²) in [5.41, 5.74) is 2.93. The fourth-order valence-corrected chi connectivity index (χ4v) is 2.31. The van der Waals surface area contributed by atoms with Gasteiger partial charge in [0.2, 0.25) is 5.88 Å². The molecule has 0 aromatic carbocycles. The molecule has 0 spiro atoms. The number of hydrogen-bond donors (Lipinski definition) is 0. The van der Waals surface area contributed by atoms with Crippen LogP contribution in [0.4, 0.5) is 0 Å². The monoisotopic (exact) mass is 299 g/mol. The highest BCUT2D eigenvalue weighted by atomic mass is 79.9. The van der Waals surface area contributed by atoms with Crippen LogP contribution in [0.5, 0.6) is 5.88 Å². The number of hydrogen-bond acceptors (Lipinski definition) is 5. The Morgan fingerprint density at radius 3 is 3.00 bits per heavy atom. The second kappa shape index (κ2) is 5.36. The van der Waals surface area contributed by atoms with Gasteiger partial charge in [-0.25, -0.2) is 15.0 Å². The molecule has 0 N–H and O–H groups in total. The van der Waals surface area contributed by atoms with Crippen LogP contribution in [0.15, 0.2) is 22.5 Å². The first-order valence-electron chi connectivity index (χ1n) is 4.74. The summed E-state index contributed by atoms with van der Waals surface area (Å²) in [6, 6.07) is 0. The topological polar surface area (TPSA) is 47.9 Å². The van der Waals surface area contributed by atoms with Crippen LogP contribution in [0, 0.1) is 6.92 Å². The second-order valence-electron chi connectivity index (χ2n) is 3.14. The molecule has 2 aromatic rings. The molecule has 0 radical (unpaired) electrons. The van der Waals surface area contributed by atoms with Crippen molar-refractivity contribution in [2.75, 3.05) is 6.61 Å². The van der Waals surface area contributed by atoms with E-state index in [0.29, 0.717) is 12.5 Å². The SMILES string of the molecule is Cc1ncsc1CCOc1ncncc1Br. The first-order valence-corrected chi connectivity index (χ1v) is 6.42. The Balaban J connectivity index is 1.89. The summed E-state index contributed by atoms with van der Waals surface area (Å²) in [6.45, 7) is 2.60. The van der Waals surface area contributed by atoms with Crippen molar-refractivity contribution in [2.24, 2.45) is 0 Å². The lowest BCUT2D eigenvalue weighted by atomic mass is 10.3. The molecule has 84 valence electrons. The van der Waals surface area contributed by atoms with E-state index in [-0.39, 0.29) is 0 Å². The molecule has 4 nitrogen and oxygen atoms in total. The molecule has 0 saturated heterocycles. The summed E-state index contributed by atoms with van der Waals surface area (Å²) in [5, 5.41) is 0. The Labute approximate surface area is 106 Å². The number of thiazole rings is 1. The van der Waals surface area contributed by atoms with Crippen LogP contribution >= 0.6 is 27.3 Å². The maximum atomic E-state index is 5.55. The number of rotatable bonds is 4. The molecule has 0 unspecified atom stereocenters. The highest BCUT2D eigenvalue weighted by Crippen LogP contribution is 2.20. The first kappa shape index (κ1) is 11.5. The molecular weight excluding hydrogens is 290 g/mol. The molecule has 2 aromatic heterocycles. The summed E-state index contributed by atoms with van der Waals surface area (Å²) in [7, 11) is 0. The molecule has 0 fully saturated rings. The summed E-state index contributed by atoms with van der Waals surface area (Å²) in [6.07, 6.45) is 3.99. The molecule has 0 saturated carbocycles. The van der Waals surface area contributed by atoms with Gasteiger partial charge in [0.25, 0.3) is 0 Å². The maximum Gasteiger partial charge on any atom is 0.231 e. The third-order valence-corrected chi connectivity index (χ3v) is 3.59. The summed E-state index contributed by atoms with van der Waals surface area (Å²) in [5.74, 6) is 0.581. The quantitative estimate of drug-likeness (QED) is 0.871. The largest absolute Gasteiger partial charge is 0.476 e. The van der Waals surface area contributed by atoms with E-state index in [4.69, 9.17) is 4.74 Å². The Morgan fingerprint density at radius 2 is 2.31 bits per heavy atom. The third-order valence-electron chi connectivity index (χ3n) is 2.05. The molecule has 2 rings (SSSR count). The minimum atomic E-state index is 0.581. The lowest BCUT2D eigenvalue weighted by molar-refractivity contribution is 0.307. The Bertz CT molecular complexity index is 475. The van der Waals surface area contributed by atoms with Crippen LogP contribution in [0.3, 0.4) is 0 Å². The minimum Gasteiger partial charge on any atom is -0.476 e. The van der Waals surface area contributed by atoms with Gasteiger partial charge < -0.3 is 4.74 Å². The molecule has 0 aliphatic rings. The highest BCUT2D eigenvalue weighted by molar-refractivity contribution is 9.10. The maximum absolute atomic E-state index is 5.55. The Kier molecular flexibility index (Phi) is 3.84. The van der Waals surface area contributed by atoms with Gasteiger partial charge in [0.15, 0.2) is 0 Å². The van der Waals surface area contributed by atoms with Gasteiger partial charge in [0, 0.05) is 17.5 Å². The average Bonchev–Trinajstić information content (AvgIpc) is 2.67. The molecular formula is C10H10BrN3OS. The zero-order chi connectivity index (χ0) is 11.4. The van der Waals surface area contributed by atoms with Crippen molar-refractivity contribution in [2.45, 2.75) is 13.3 Å². The van der Waals surface area contributed by atoms with E-state index in [1.807, 2.05) is 12.4 Å². The van der Waals surface area contributed by atoms with E-state index in [9.17, 15) is 0 Å². The van der Waals surface area contributed by atoms with E-state index < -0.39 is 0 Å². The minimum absolute atomic E-state index is 0.581. The molecule has 2 heterocycles. The Morgan fingerprint density at radius 1 is 1.44 bits per heavy atom. The van der Waals surface area contributed by atoms with Crippen molar-refractivity contribution in [1.29, 1.82) is 0 Å². The summed E-state index contributed by atoms with van der Waals surface area (Å²) >= 11 is 4.98. The van der Waals surface area contributed by atoms with Gasteiger partial charge in [-0.2, -0.15) is 0 Å². The van der Waals surface area contributed by atoms with Gasteiger partial charge in [-0.3, -0.25) is 0 Å². The average molecular weight is 300 g/mol. The van der Waals surface area contributed by atoms with Crippen molar-refractivity contribution in [3.05, 3.63) is 33.1 Å². The first-order chi connectivity index (χ1) is 7.77. The van der Waals surface area contributed by atoms with E-state index in [1.54, 1.807) is 17.5 Å². The summed E-state index contributed by atoms with van der Waals surface area (Å²) < 4.78 is 6.32. The smallest absolute Gasteiger partial charge is 0.231 e. The van der Waals surface area contributed by atoms with Gasteiger partial charge in [0.05, 0.1) is 22.3 Å². The van der Waals surface area contributed by atoms with E-state index in [2.05, 4.69) is 30.9 Å². The van der Waals surface area contributed by atoms with Gasteiger partial charge in [-0.05, 0) is 22.9 Å². The number of ether oxygens (including phenoxy) is 1. The second-order valence-corrected chi connectivity index (χ2v) is 4.93. The fourth-order valence-electron chi connectivity index (χ4n) is 1.21. The number of halogens is 1. The van der Waals surface area contributed by atoms with Crippen LogP contribution in [-0.4, -0.2) is 21.6 Å². The predicted octanol–water partition coefficient (Wildman–Crippen LogP) is 2.63. The zero-order valence-corrected chi connectivity index (χ0v) is 11.1. The highest BCUT2D eigenvalue weighted by Gasteiger charge is 2.04. The van der Waals surface area contributed by atoms with Gasteiger partial charge in [-0.15, -0.1) is 11.3 Å². The lowest BCUT2D eigenvalue weighted by Gasteiger charge is -2.05. The van der Waals surface area contributed by atoms with Crippen LogP contribution in [0.1, 0.15) is 10.6 Å². The predicted molar refractivity (Wildman–Crippen MR) is 65.8 cm³/mol. The number of nitrogens with zero attached hydrogens (tertiary/aromatic N) is 3. The van der Waals surface area contributed by atoms with Gasteiger partial charge >= 0.3 is 0 Å². The van der Waals surface area contributed by atoms with Crippen molar-refractivity contribution >= 4 is 27.3 Å². The lowest BCUT2D eigenvalue weighted by Crippen LogP contribution is -2.03. The molecule has 0 aliphatic heterocycles. The normalized spacial score (nSPS) is 10.4. The van der Waals surface area contributed by atoms with E-state index in [1.165, 1.54) is 11.2 Å². The molecule has 0 amide bonds. The van der Waals surface area contributed by atoms with Gasteiger partial charge in [0.1, 0.15) is 6.33 Å². The number of aryl methyl sites for hydroxylation is 1. The van der Waals surface area contributed by atoms with E-state index >= 15 is 0 Å².